The first kappa shape index (κ1) is 29.2. The molecule has 10 heteroatoms. The average molecular weight is 515 g/mol. The minimum Gasteiger partial charge on any atom is -0.461 e. The summed E-state index contributed by atoms with van der Waals surface area (Å²) in [4.78, 5) is 49.4. The Bertz CT molecular complexity index is 1020. The van der Waals surface area contributed by atoms with E-state index < -0.39 is 48.2 Å². The second-order valence-corrected chi connectivity index (χ2v) is 9.29. The lowest BCUT2D eigenvalue weighted by Crippen LogP contribution is -2.51. The van der Waals surface area contributed by atoms with Gasteiger partial charge in [0.15, 0.2) is 0 Å². The average Bonchev–Trinajstić information content (AvgIpc) is 2.84. The topological polar surface area (TPSA) is 129 Å². The van der Waals surface area contributed by atoms with Gasteiger partial charge >= 0.3 is 18.2 Å². The SMILES string of the molecule is C[C@@H](COC(=O)OCc1ccccc1)NC(=O)[C@@H](CC(=O)OCc1ccccc1)NC(=O)OC(C)(C)C. The van der Waals surface area contributed by atoms with Crippen molar-refractivity contribution in [3.63, 3.8) is 0 Å². The van der Waals surface area contributed by atoms with Crippen LogP contribution in [0.25, 0.3) is 0 Å². The zero-order valence-electron chi connectivity index (χ0n) is 21.5. The molecule has 0 aliphatic heterocycles. The number of amides is 2. The lowest BCUT2D eigenvalue weighted by Gasteiger charge is -2.24. The minimum atomic E-state index is -1.27. The number of rotatable bonds is 11. The van der Waals surface area contributed by atoms with Gasteiger partial charge in [-0.1, -0.05) is 60.7 Å². The Kier molecular flexibility index (Phi) is 11.4. The van der Waals surface area contributed by atoms with Crippen LogP contribution in [-0.4, -0.2) is 48.4 Å². The Morgan fingerprint density at radius 3 is 1.86 bits per heavy atom. The van der Waals surface area contributed by atoms with E-state index in [9.17, 15) is 19.2 Å². The molecule has 0 bridgehead atoms. The molecule has 2 aromatic rings. The van der Waals surface area contributed by atoms with Crippen LogP contribution in [0.2, 0.25) is 0 Å². The Morgan fingerprint density at radius 2 is 1.32 bits per heavy atom. The largest absolute Gasteiger partial charge is 0.508 e. The lowest BCUT2D eigenvalue weighted by atomic mass is 10.1. The normalized spacial score (nSPS) is 12.4. The highest BCUT2D eigenvalue weighted by atomic mass is 16.7. The monoisotopic (exact) mass is 514 g/mol. The van der Waals surface area contributed by atoms with E-state index in [-0.39, 0.29) is 19.8 Å². The molecule has 2 aromatic carbocycles. The number of benzene rings is 2. The fourth-order valence-electron chi connectivity index (χ4n) is 2.96. The second kappa shape index (κ2) is 14.5. The third-order valence-corrected chi connectivity index (χ3v) is 4.66. The predicted molar refractivity (Wildman–Crippen MR) is 134 cm³/mol. The quantitative estimate of drug-likeness (QED) is 0.342. The van der Waals surface area contributed by atoms with Gasteiger partial charge in [-0.3, -0.25) is 9.59 Å². The van der Waals surface area contributed by atoms with Gasteiger partial charge in [-0.25, -0.2) is 9.59 Å². The summed E-state index contributed by atoms with van der Waals surface area (Å²) < 4.78 is 20.5. The van der Waals surface area contributed by atoms with Crippen molar-refractivity contribution in [1.29, 1.82) is 0 Å². The maximum absolute atomic E-state index is 12.9. The summed E-state index contributed by atoms with van der Waals surface area (Å²) in [5, 5.41) is 5.01. The van der Waals surface area contributed by atoms with Crippen LogP contribution in [0.1, 0.15) is 45.2 Å². The maximum Gasteiger partial charge on any atom is 0.508 e. The summed E-state index contributed by atoms with van der Waals surface area (Å²) in [6.07, 6.45) is -2.18. The second-order valence-electron chi connectivity index (χ2n) is 9.29. The highest BCUT2D eigenvalue weighted by molar-refractivity contribution is 5.89. The third kappa shape index (κ3) is 12.4. The number of ether oxygens (including phenoxy) is 4. The van der Waals surface area contributed by atoms with Gasteiger partial charge in [0, 0.05) is 0 Å². The van der Waals surface area contributed by atoms with E-state index in [1.54, 1.807) is 52.0 Å². The highest BCUT2D eigenvalue weighted by Gasteiger charge is 2.28. The van der Waals surface area contributed by atoms with Crippen molar-refractivity contribution in [2.45, 2.75) is 65.0 Å². The van der Waals surface area contributed by atoms with Crippen molar-refractivity contribution in [2.24, 2.45) is 0 Å². The highest BCUT2D eigenvalue weighted by Crippen LogP contribution is 2.09. The van der Waals surface area contributed by atoms with Gasteiger partial charge in [-0.15, -0.1) is 0 Å². The van der Waals surface area contributed by atoms with E-state index in [1.807, 2.05) is 36.4 Å². The number of nitrogens with one attached hydrogen (secondary N) is 2. The molecule has 0 aromatic heterocycles. The summed E-state index contributed by atoms with van der Waals surface area (Å²) in [5.41, 5.74) is 0.776. The van der Waals surface area contributed by atoms with E-state index in [1.165, 1.54) is 0 Å². The van der Waals surface area contributed by atoms with Gasteiger partial charge in [0.05, 0.1) is 12.5 Å². The summed E-state index contributed by atoms with van der Waals surface area (Å²) in [7, 11) is 0. The van der Waals surface area contributed by atoms with Gasteiger partial charge in [-0.2, -0.15) is 0 Å². The van der Waals surface area contributed by atoms with Gasteiger partial charge in [0.25, 0.3) is 0 Å². The molecule has 0 fully saturated rings. The molecular weight excluding hydrogens is 480 g/mol. The molecule has 37 heavy (non-hydrogen) atoms. The van der Waals surface area contributed by atoms with Gasteiger partial charge in [-0.05, 0) is 38.8 Å². The van der Waals surface area contributed by atoms with Crippen LogP contribution < -0.4 is 10.6 Å². The Morgan fingerprint density at radius 1 is 0.784 bits per heavy atom. The van der Waals surface area contributed by atoms with Crippen LogP contribution in [0.5, 0.6) is 0 Å². The van der Waals surface area contributed by atoms with Crippen LogP contribution in [0.4, 0.5) is 9.59 Å². The molecule has 0 aliphatic carbocycles. The van der Waals surface area contributed by atoms with E-state index >= 15 is 0 Å². The number of hydrogen-bond acceptors (Lipinski definition) is 8. The first-order valence-electron chi connectivity index (χ1n) is 11.8. The van der Waals surface area contributed by atoms with Crippen LogP contribution >= 0.6 is 0 Å². The first-order chi connectivity index (χ1) is 17.5. The minimum absolute atomic E-state index is 0.0236. The maximum atomic E-state index is 12.9. The van der Waals surface area contributed by atoms with Crippen LogP contribution in [-0.2, 0) is 41.8 Å². The van der Waals surface area contributed by atoms with Crippen molar-refractivity contribution >= 4 is 24.1 Å². The van der Waals surface area contributed by atoms with Crippen molar-refractivity contribution in [3.8, 4) is 0 Å². The Balaban J connectivity index is 1.88. The van der Waals surface area contributed by atoms with E-state index in [4.69, 9.17) is 18.9 Å². The number of carbonyl (C=O) groups is 4. The molecule has 2 amide bonds. The van der Waals surface area contributed by atoms with Gasteiger partial charge in [0.1, 0.15) is 31.5 Å². The zero-order valence-corrected chi connectivity index (χ0v) is 21.5. The molecule has 0 heterocycles. The molecule has 0 unspecified atom stereocenters. The zero-order chi connectivity index (χ0) is 27.3. The summed E-state index contributed by atoms with van der Waals surface area (Å²) >= 11 is 0. The van der Waals surface area contributed by atoms with Crippen LogP contribution in [0, 0.1) is 0 Å². The fourth-order valence-corrected chi connectivity index (χ4v) is 2.96. The third-order valence-electron chi connectivity index (χ3n) is 4.66. The molecule has 0 aliphatic rings. The van der Waals surface area contributed by atoms with Gasteiger partial charge in [0.2, 0.25) is 5.91 Å². The number of esters is 1. The first-order valence-corrected chi connectivity index (χ1v) is 11.8. The molecule has 0 saturated carbocycles. The lowest BCUT2D eigenvalue weighted by molar-refractivity contribution is -0.147. The van der Waals surface area contributed by atoms with Gasteiger partial charge < -0.3 is 29.6 Å². The van der Waals surface area contributed by atoms with Crippen molar-refractivity contribution in [3.05, 3.63) is 71.8 Å². The molecular formula is C27H34N2O8. The van der Waals surface area contributed by atoms with E-state index in [0.29, 0.717) is 0 Å². The predicted octanol–water partition coefficient (Wildman–Crippen LogP) is 3.87. The molecule has 0 spiro atoms. The molecule has 10 nitrogen and oxygen atoms in total. The smallest absolute Gasteiger partial charge is 0.461 e. The van der Waals surface area contributed by atoms with E-state index in [0.717, 1.165) is 11.1 Å². The summed E-state index contributed by atoms with van der Waals surface area (Å²) in [6, 6.07) is 16.2. The van der Waals surface area contributed by atoms with Crippen LogP contribution in [0.15, 0.2) is 60.7 Å². The Hall–Kier alpha value is -4.08. The number of hydrogen-bond donors (Lipinski definition) is 2. The number of carbonyl (C=O) groups excluding carboxylic acids is 4. The summed E-state index contributed by atoms with van der Waals surface area (Å²) in [5.74, 6) is -1.36. The molecule has 200 valence electrons. The Labute approximate surface area is 216 Å². The molecule has 0 saturated heterocycles. The van der Waals surface area contributed by atoms with E-state index in [2.05, 4.69) is 10.6 Å². The molecule has 2 N–H and O–H groups in total. The molecule has 2 atom stereocenters. The van der Waals surface area contributed by atoms with Crippen molar-refractivity contribution in [2.75, 3.05) is 6.61 Å². The molecule has 0 radical (unpaired) electrons. The van der Waals surface area contributed by atoms with Crippen molar-refractivity contribution < 1.29 is 38.1 Å². The summed E-state index contributed by atoms with van der Waals surface area (Å²) in [6.45, 7) is 6.50. The van der Waals surface area contributed by atoms with Crippen LogP contribution in [0.3, 0.4) is 0 Å². The van der Waals surface area contributed by atoms with Crippen molar-refractivity contribution in [1.82, 2.24) is 10.6 Å². The fraction of sp³-hybridized carbons (Fsp3) is 0.407. The molecule has 2 rings (SSSR count). The number of alkyl carbamates (subject to hydrolysis) is 1. The standard InChI is InChI=1S/C27H34N2O8/c1-19(16-35-26(33)36-18-21-13-9-6-10-14-21)28-24(31)22(29-25(32)37-27(2,3)4)15-23(30)34-17-20-11-7-5-8-12-20/h5-14,19,22H,15-18H2,1-4H3,(H,28,31)(H,29,32)/t19-,22+/m0/s1.